The minimum Gasteiger partial charge on any atom is -0.497 e. The molecule has 0 amide bonds. The predicted octanol–water partition coefficient (Wildman–Crippen LogP) is 3.99. The maximum atomic E-state index is 5.27. The molecule has 0 aromatic heterocycles. The second-order valence-electron chi connectivity index (χ2n) is 7.49. The fraction of sp³-hybridized carbons (Fsp3) is 0.435. The minimum atomic E-state index is 0. The van der Waals surface area contributed by atoms with E-state index in [2.05, 4.69) is 70.6 Å². The molecule has 1 saturated heterocycles. The van der Waals surface area contributed by atoms with Gasteiger partial charge in [0.15, 0.2) is 5.96 Å². The smallest absolute Gasteiger partial charge is 0.193 e. The van der Waals surface area contributed by atoms with Crippen molar-refractivity contribution in [1.29, 1.82) is 0 Å². The standard InChI is InChI=1S/C23H32N4O.HI/c1-24-23(25-15-13-18-5-9-21(10-6-18)26(2)3)27-16-14-20(17-27)19-7-11-22(28-4)12-8-19;/h5-12,20H,13-17H2,1-4H3,(H,24,25);1H. The van der Waals surface area contributed by atoms with Crippen LogP contribution in [-0.4, -0.2) is 58.7 Å². The van der Waals surface area contributed by atoms with Crippen molar-refractivity contribution in [3.05, 3.63) is 59.7 Å². The van der Waals surface area contributed by atoms with Gasteiger partial charge in [0, 0.05) is 52.4 Å². The first-order valence-electron chi connectivity index (χ1n) is 9.96. The molecule has 1 N–H and O–H groups in total. The van der Waals surface area contributed by atoms with Crippen LogP contribution in [0.15, 0.2) is 53.5 Å². The van der Waals surface area contributed by atoms with Gasteiger partial charge in [-0.3, -0.25) is 4.99 Å². The van der Waals surface area contributed by atoms with Crippen LogP contribution in [0.2, 0.25) is 0 Å². The number of anilines is 1. The maximum absolute atomic E-state index is 5.27. The van der Waals surface area contributed by atoms with Crippen LogP contribution in [-0.2, 0) is 6.42 Å². The number of guanidine groups is 1. The van der Waals surface area contributed by atoms with Crippen LogP contribution in [0.5, 0.6) is 5.75 Å². The number of methoxy groups -OCH3 is 1. The minimum absolute atomic E-state index is 0. The van der Waals surface area contributed by atoms with Crippen molar-refractivity contribution in [3.8, 4) is 5.75 Å². The van der Waals surface area contributed by atoms with E-state index in [1.807, 2.05) is 19.2 Å². The van der Waals surface area contributed by atoms with E-state index in [0.29, 0.717) is 5.92 Å². The van der Waals surface area contributed by atoms with Gasteiger partial charge < -0.3 is 19.9 Å². The summed E-state index contributed by atoms with van der Waals surface area (Å²) in [5.74, 6) is 2.46. The highest BCUT2D eigenvalue weighted by atomic mass is 127. The number of halogens is 1. The molecule has 0 saturated carbocycles. The zero-order valence-corrected chi connectivity index (χ0v) is 20.2. The molecule has 1 heterocycles. The Bertz CT molecular complexity index is 774. The Hall–Kier alpha value is -1.96. The van der Waals surface area contributed by atoms with E-state index in [-0.39, 0.29) is 24.0 Å². The summed E-state index contributed by atoms with van der Waals surface area (Å²) in [6, 6.07) is 17.2. The first kappa shape index (κ1) is 23.3. The van der Waals surface area contributed by atoms with E-state index in [4.69, 9.17) is 4.74 Å². The van der Waals surface area contributed by atoms with Crippen LogP contribution in [0.4, 0.5) is 5.69 Å². The highest BCUT2D eigenvalue weighted by molar-refractivity contribution is 14.0. The van der Waals surface area contributed by atoms with Crippen molar-refractivity contribution >= 4 is 35.6 Å². The number of aliphatic imine (C=N–C) groups is 1. The predicted molar refractivity (Wildman–Crippen MR) is 133 cm³/mol. The van der Waals surface area contributed by atoms with Crippen LogP contribution in [0, 0.1) is 0 Å². The summed E-state index contributed by atoms with van der Waals surface area (Å²) >= 11 is 0. The van der Waals surface area contributed by atoms with E-state index in [9.17, 15) is 0 Å². The van der Waals surface area contributed by atoms with Gasteiger partial charge in [-0.05, 0) is 48.2 Å². The van der Waals surface area contributed by atoms with E-state index in [1.54, 1.807) is 7.11 Å². The molecular formula is C23H33IN4O. The number of likely N-dealkylation sites (tertiary alicyclic amines) is 1. The van der Waals surface area contributed by atoms with Crippen LogP contribution in [0.25, 0.3) is 0 Å². The molecule has 0 radical (unpaired) electrons. The van der Waals surface area contributed by atoms with Gasteiger partial charge in [0.1, 0.15) is 5.75 Å². The second-order valence-corrected chi connectivity index (χ2v) is 7.49. The number of nitrogens with one attached hydrogen (secondary N) is 1. The molecule has 1 unspecified atom stereocenters. The third-order valence-electron chi connectivity index (χ3n) is 5.44. The van der Waals surface area contributed by atoms with E-state index in [1.165, 1.54) is 16.8 Å². The lowest BCUT2D eigenvalue weighted by atomic mass is 9.98. The Morgan fingerprint density at radius 2 is 1.83 bits per heavy atom. The number of ether oxygens (including phenoxy) is 1. The quantitative estimate of drug-likeness (QED) is 0.364. The molecule has 0 spiro atoms. The van der Waals surface area contributed by atoms with Crippen molar-refractivity contribution in [1.82, 2.24) is 10.2 Å². The maximum Gasteiger partial charge on any atom is 0.193 e. The van der Waals surface area contributed by atoms with Crippen molar-refractivity contribution in [2.24, 2.45) is 4.99 Å². The highest BCUT2D eigenvalue weighted by Gasteiger charge is 2.25. The topological polar surface area (TPSA) is 40.1 Å². The number of hydrogen-bond acceptors (Lipinski definition) is 3. The summed E-state index contributed by atoms with van der Waals surface area (Å²) < 4.78 is 5.27. The highest BCUT2D eigenvalue weighted by Crippen LogP contribution is 2.28. The molecular weight excluding hydrogens is 475 g/mol. The molecule has 0 aliphatic carbocycles. The average molecular weight is 508 g/mol. The SMILES string of the molecule is CN=C(NCCc1ccc(N(C)C)cc1)N1CCC(c2ccc(OC)cc2)C1.I. The van der Waals surface area contributed by atoms with Gasteiger partial charge in [0.2, 0.25) is 0 Å². The Labute approximate surface area is 192 Å². The van der Waals surface area contributed by atoms with Gasteiger partial charge in [-0.15, -0.1) is 24.0 Å². The molecule has 1 aliphatic heterocycles. The summed E-state index contributed by atoms with van der Waals surface area (Å²) in [5.41, 5.74) is 3.94. The lowest BCUT2D eigenvalue weighted by Gasteiger charge is -2.22. The normalized spacial score (nSPS) is 16.3. The Kier molecular flexibility index (Phi) is 9.07. The van der Waals surface area contributed by atoms with Crippen molar-refractivity contribution in [3.63, 3.8) is 0 Å². The number of nitrogens with zero attached hydrogens (tertiary/aromatic N) is 3. The van der Waals surface area contributed by atoms with Crippen molar-refractivity contribution < 1.29 is 4.74 Å². The van der Waals surface area contributed by atoms with Crippen LogP contribution in [0.3, 0.4) is 0 Å². The molecule has 1 fully saturated rings. The molecule has 3 rings (SSSR count). The number of rotatable bonds is 6. The molecule has 1 atom stereocenters. The first-order valence-corrected chi connectivity index (χ1v) is 9.96. The van der Waals surface area contributed by atoms with E-state index < -0.39 is 0 Å². The van der Waals surface area contributed by atoms with Gasteiger partial charge >= 0.3 is 0 Å². The number of benzene rings is 2. The van der Waals surface area contributed by atoms with E-state index in [0.717, 1.165) is 44.2 Å². The fourth-order valence-corrected chi connectivity index (χ4v) is 3.71. The number of hydrogen-bond donors (Lipinski definition) is 1. The zero-order chi connectivity index (χ0) is 19.9. The zero-order valence-electron chi connectivity index (χ0n) is 17.9. The van der Waals surface area contributed by atoms with Gasteiger partial charge in [0.25, 0.3) is 0 Å². The lowest BCUT2D eigenvalue weighted by Crippen LogP contribution is -2.40. The van der Waals surface area contributed by atoms with Crippen LogP contribution in [0.1, 0.15) is 23.5 Å². The fourth-order valence-electron chi connectivity index (χ4n) is 3.71. The average Bonchev–Trinajstić information content (AvgIpc) is 3.21. The summed E-state index contributed by atoms with van der Waals surface area (Å²) in [6.07, 6.45) is 2.14. The Morgan fingerprint density at radius 3 is 2.41 bits per heavy atom. The summed E-state index contributed by atoms with van der Waals surface area (Å²) in [5, 5.41) is 3.53. The largest absolute Gasteiger partial charge is 0.497 e. The molecule has 2 aromatic carbocycles. The molecule has 29 heavy (non-hydrogen) atoms. The monoisotopic (exact) mass is 508 g/mol. The summed E-state index contributed by atoms with van der Waals surface area (Å²) in [6.45, 7) is 2.93. The van der Waals surface area contributed by atoms with Crippen LogP contribution >= 0.6 is 24.0 Å². The third kappa shape index (κ3) is 6.26. The van der Waals surface area contributed by atoms with Crippen LogP contribution < -0.4 is 15.0 Å². The summed E-state index contributed by atoms with van der Waals surface area (Å²) in [4.78, 5) is 8.99. The Balaban J connectivity index is 0.00000300. The first-order chi connectivity index (χ1) is 13.6. The van der Waals surface area contributed by atoms with E-state index >= 15 is 0 Å². The molecule has 0 bridgehead atoms. The molecule has 158 valence electrons. The Morgan fingerprint density at radius 1 is 1.14 bits per heavy atom. The lowest BCUT2D eigenvalue weighted by molar-refractivity contribution is 0.414. The van der Waals surface area contributed by atoms with Crippen molar-refractivity contribution in [2.75, 3.05) is 52.8 Å². The third-order valence-corrected chi connectivity index (χ3v) is 5.44. The van der Waals surface area contributed by atoms with Crippen molar-refractivity contribution in [2.45, 2.75) is 18.8 Å². The van der Waals surface area contributed by atoms with Gasteiger partial charge in [-0.1, -0.05) is 24.3 Å². The molecule has 1 aliphatic rings. The van der Waals surface area contributed by atoms with Gasteiger partial charge in [-0.2, -0.15) is 0 Å². The molecule has 2 aromatic rings. The second kappa shape index (κ2) is 11.3. The molecule has 5 nitrogen and oxygen atoms in total. The summed E-state index contributed by atoms with van der Waals surface area (Å²) in [7, 11) is 7.71. The van der Waals surface area contributed by atoms with Gasteiger partial charge in [0.05, 0.1) is 7.11 Å². The van der Waals surface area contributed by atoms with Gasteiger partial charge in [-0.25, -0.2) is 0 Å². The molecule has 6 heteroatoms.